The van der Waals surface area contributed by atoms with Crippen LogP contribution in [0.2, 0.25) is 0 Å². The molecule has 0 aliphatic carbocycles. The summed E-state index contributed by atoms with van der Waals surface area (Å²) in [7, 11) is 0. The minimum Gasteiger partial charge on any atom is -0.300 e. The highest BCUT2D eigenvalue weighted by Crippen LogP contribution is 2.28. The maximum Gasteiger partial charge on any atom is 0.150 e. The van der Waals surface area contributed by atoms with Gasteiger partial charge in [-0.05, 0) is 12.8 Å². The third-order valence-corrected chi connectivity index (χ3v) is 2.25. The van der Waals surface area contributed by atoms with Crippen molar-refractivity contribution in [3.05, 3.63) is 0 Å². The summed E-state index contributed by atoms with van der Waals surface area (Å²) in [5.74, 6) is 0. The number of hydrogen-bond donors (Lipinski definition) is 0. The Labute approximate surface area is 59.9 Å². The zero-order chi connectivity index (χ0) is 6.97. The Balaban J connectivity index is 1.99. The third kappa shape index (κ3) is 0.859. The van der Waals surface area contributed by atoms with E-state index in [1.165, 1.54) is 12.8 Å². The molecule has 2 unspecified atom stereocenters. The molecule has 0 aromatic carbocycles. The van der Waals surface area contributed by atoms with Crippen LogP contribution in [0.1, 0.15) is 19.3 Å². The molecule has 2 rings (SSSR count). The highest BCUT2D eigenvalue weighted by Gasteiger charge is 2.36. The monoisotopic (exact) mass is 141 g/mol. The Morgan fingerprint density at radius 1 is 1.60 bits per heavy atom. The van der Waals surface area contributed by atoms with Crippen molar-refractivity contribution in [1.29, 1.82) is 0 Å². The molecule has 2 fully saturated rings. The molecule has 56 valence electrons. The Bertz CT molecular complexity index is 137. The van der Waals surface area contributed by atoms with Crippen molar-refractivity contribution in [2.75, 3.05) is 6.54 Å². The van der Waals surface area contributed by atoms with E-state index in [-0.39, 0.29) is 6.10 Å². The molecule has 0 bridgehead atoms. The maximum atomic E-state index is 10.3. The second-order valence-electron chi connectivity index (χ2n) is 2.95. The molecule has 3 nitrogen and oxygen atoms in total. The quantitative estimate of drug-likeness (QED) is 0.493. The fourth-order valence-corrected chi connectivity index (χ4v) is 1.75. The van der Waals surface area contributed by atoms with E-state index in [2.05, 4.69) is 0 Å². The average Bonchev–Trinajstić information content (AvgIpc) is 2.42. The molecule has 3 heteroatoms. The number of hydrogen-bond acceptors (Lipinski definition) is 3. The largest absolute Gasteiger partial charge is 0.300 e. The van der Waals surface area contributed by atoms with Gasteiger partial charge in [-0.3, -0.25) is 4.84 Å². The molecule has 2 atom stereocenters. The summed E-state index contributed by atoms with van der Waals surface area (Å²) < 4.78 is 0. The fraction of sp³-hybridized carbons (Fsp3) is 0.857. The SMILES string of the molecule is O=CC1CC2CCCN2O1. The molecular weight excluding hydrogens is 130 g/mol. The maximum absolute atomic E-state index is 10.3. The first-order valence-electron chi connectivity index (χ1n) is 3.79. The van der Waals surface area contributed by atoms with Gasteiger partial charge in [-0.1, -0.05) is 0 Å². The lowest BCUT2D eigenvalue weighted by atomic mass is 10.1. The molecular formula is C7H11NO2. The minimum absolute atomic E-state index is 0.148. The van der Waals surface area contributed by atoms with Crippen molar-refractivity contribution in [2.45, 2.75) is 31.4 Å². The normalized spacial score (nSPS) is 40.0. The van der Waals surface area contributed by atoms with Crippen molar-refractivity contribution >= 4 is 6.29 Å². The van der Waals surface area contributed by atoms with Crippen LogP contribution in [0.3, 0.4) is 0 Å². The predicted molar refractivity (Wildman–Crippen MR) is 35.3 cm³/mol. The molecule has 0 N–H and O–H groups in total. The van der Waals surface area contributed by atoms with Crippen molar-refractivity contribution in [2.24, 2.45) is 0 Å². The summed E-state index contributed by atoms with van der Waals surface area (Å²) >= 11 is 0. The van der Waals surface area contributed by atoms with Crippen LogP contribution in [0.25, 0.3) is 0 Å². The Kier molecular flexibility index (Phi) is 1.47. The summed E-state index contributed by atoms with van der Waals surface area (Å²) in [6.45, 7) is 1.01. The topological polar surface area (TPSA) is 29.5 Å². The van der Waals surface area contributed by atoms with Crippen molar-refractivity contribution in [3.63, 3.8) is 0 Å². The summed E-state index contributed by atoms with van der Waals surface area (Å²) in [6, 6.07) is 0.537. The number of nitrogens with zero attached hydrogens (tertiary/aromatic N) is 1. The van der Waals surface area contributed by atoms with Crippen LogP contribution in [0.15, 0.2) is 0 Å². The molecule has 2 aliphatic rings. The molecule has 0 spiro atoms. The van der Waals surface area contributed by atoms with Crippen LogP contribution in [-0.2, 0) is 9.63 Å². The fourth-order valence-electron chi connectivity index (χ4n) is 1.75. The Morgan fingerprint density at radius 2 is 2.50 bits per heavy atom. The van der Waals surface area contributed by atoms with E-state index in [1.807, 2.05) is 5.06 Å². The second-order valence-corrected chi connectivity index (χ2v) is 2.95. The molecule has 0 aromatic rings. The number of aldehydes is 1. The van der Waals surface area contributed by atoms with Gasteiger partial charge in [-0.2, -0.15) is 5.06 Å². The van der Waals surface area contributed by atoms with Gasteiger partial charge >= 0.3 is 0 Å². The summed E-state index contributed by atoms with van der Waals surface area (Å²) in [6.07, 6.45) is 4.08. The van der Waals surface area contributed by atoms with Crippen molar-refractivity contribution < 1.29 is 9.63 Å². The number of carbonyl (C=O) groups excluding carboxylic acids is 1. The van der Waals surface area contributed by atoms with Gasteiger partial charge < -0.3 is 4.79 Å². The number of hydroxylamine groups is 2. The molecule has 0 aromatic heterocycles. The minimum atomic E-state index is -0.148. The third-order valence-electron chi connectivity index (χ3n) is 2.25. The lowest BCUT2D eigenvalue weighted by Crippen LogP contribution is -2.21. The van der Waals surface area contributed by atoms with E-state index in [4.69, 9.17) is 4.84 Å². The first kappa shape index (κ1) is 6.31. The molecule has 2 aliphatic heterocycles. The highest BCUT2D eigenvalue weighted by atomic mass is 16.7. The van der Waals surface area contributed by atoms with Gasteiger partial charge in [0.25, 0.3) is 0 Å². The molecule has 0 radical (unpaired) electrons. The van der Waals surface area contributed by atoms with Crippen molar-refractivity contribution in [3.8, 4) is 0 Å². The zero-order valence-corrected chi connectivity index (χ0v) is 5.82. The first-order chi connectivity index (χ1) is 4.90. The molecule has 2 heterocycles. The van der Waals surface area contributed by atoms with Crippen LogP contribution in [0.5, 0.6) is 0 Å². The second kappa shape index (κ2) is 2.32. The van der Waals surface area contributed by atoms with Gasteiger partial charge in [0.15, 0.2) is 6.29 Å². The summed E-state index contributed by atoms with van der Waals surface area (Å²) in [4.78, 5) is 15.6. The summed E-state index contributed by atoms with van der Waals surface area (Å²) in [5.41, 5.74) is 0. The zero-order valence-electron chi connectivity index (χ0n) is 5.82. The van der Waals surface area contributed by atoms with Gasteiger partial charge in [-0.25, -0.2) is 0 Å². The smallest absolute Gasteiger partial charge is 0.150 e. The standard InChI is InChI=1S/C7H11NO2/c9-5-7-4-6-2-1-3-8(6)10-7/h5-7H,1-4H2. The number of fused-ring (bicyclic) bond motifs is 1. The molecule has 10 heavy (non-hydrogen) atoms. The van der Waals surface area contributed by atoms with E-state index in [0.717, 1.165) is 19.3 Å². The lowest BCUT2D eigenvalue weighted by molar-refractivity contribution is -0.155. The molecule has 2 saturated heterocycles. The van der Waals surface area contributed by atoms with Crippen LogP contribution in [-0.4, -0.2) is 30.0 Å². The lowest BCUT2D eigenvalue weighted by Gasteiger charge is -2.11. The molecule has 0 amide bonds. The van der Waals surface area contributed by atoms with Gasteiger partial charge in [0, 0.05) is 19.0 Å². The van der Waals surface area contributed by atoms with Gasteiger partial charge in [0.2, 0.25) is 0 Å². The van der Waals surface area contributed by atoms with Gasteiger partial charge in [0.1, 0.15) is 6.10 Å². The van der Waals surface area contributed by atoms with E-state index < -0.39 is 0 Å². The number of carbonyl (C=O) groups is 1. The van der Waals surface area contributed by atoms with E-state index in [0.29, 0.717) is 6.04 Å². The predicted octanol–water partition coefficient (Wildman–Crippen LogP) is 0.354. The van der Waals surface area contributed by atoms with E-state index in [9.17, 15) is 4.79 Å². The van der Waals surface area contributed by atoms with Crippen LogP contribution < -0.4 is 0 Å². The Morgan fingerprint density at radius 3 is 3.20 bits per heavy atom. The van der Waals surface area contributed by atoms with Gasteiger partial charge in [-0.15, -0.1) is 0 Å². The molecule has 0 saturated carbocycles. The van der Waals surface area contributed by atoms with Crippen LogP contribution >= 0.6 is 0 Å². The van der Waals surface area contributed by atoms with Crippen LogP contribution in [0, 0.1) is 0 Å². The summed E-state index contributed by atoms with van der Waals surface area (Å²) in [5, 5.41) is 1.96. The van der Waals surface area contributed by atoms with E-state index in [1.54, 1.807) is 0 Å². The van der Waals surface area contributed by atoms with Crippen LogP contribution in [0.4, 0.5) is 0 Å². The average molecular weight is 141 g/mol. The van der Waals surface area contributed by atoms with E-state index >= 15 is 0 Å². The highest BCUT2D eigenvalue weighted by molar-refractivity contribution is 5.56. The van der Waals surface area contributed by atoms with Crippen molar-refractivity contribution in [1.82, 2.24) is 5.06 Å². The number of rotatable bonds is 1. The van der Waals surface area contributed by atoms with Gasteiger partial charge in [0.05, 0.1) is 0 Å². The Hall–Kier alpha value is -0.410. The first-order valence-corrected chi connectivity index (χ1v) is 3.79.